The lowest BCUT2D eigenvalue weighted by molar-refractivity contribution is -0.0893. The molecule has 2 N–H and O–H groups in total. The molecule has 0 aliphatic rings. The Hall–Kier alpha value is -1.51. The van der Waals surface area contributed by atoms with Crippen LogP contribution in [0.25, 0.3) is 0 Å². The van der Waals surface area contributed by atoms with E-state index in [9.17, 15) is 10.2 Å². The summed E-state index contributed by atoms with van der Waals surface area (Å²) < 4.78 is 5.55. The smallest absolute Gasteiger partial charge is 0.330 e. The van der Waals surface area contributed by atoms with Crippen LogP contribution in [0.4, 0.5) is 0 Å². The number of nitrogens with zero attached hydrogens (tertiary/aromatic N) is 1. The van der Waals surface area contributed by atoms with Gasteiger partial charge in [0, 0.05) is 0 Å². The first kappa shape index (κ1) is 14.6. The van der Waals surface area contributed by atoms with Gasteiger partial charge in [-0.25, -0.2) is 0 Å². The Kier molecular flexibility index (Phi) is 4.05. The van der Waals surface area contributed by atoms with Crippen molar-refractivity contribution >= 4 is 12.9 Å². The fourth-order valence-electron chi connectivity index (χ4n) is 1.08. The summed E-state index contributed by atoms with van der Waals surface area (Å²) in [6.07, 6.45) is 0. The molecule has 0 atom stereocenters. The highest BCUT2D eigenvalue weighted by molar-refractivity contribution is 6.47. The van der Waals surface area contributed by atoms with E-state index in [2.05, 4.69) is 0 Å². The molecule has 1 aromatic carbocycles. The first-order valence-corrected chi connectivity index (χ1v) is 5.64. The zero-order valence-electron chi connectivity index (χ0n) is 11.1. The van der Waals surface area contributed by atoms with Crippen LogP contribution in [0.15, 0.2) is 18.2 Å². The molecule has 0 aliphatic heterocycles. The van der Waals surface area contributed by atoms with Gasteiger partial charge in [-0.3, -0.25) is 0 Å². The molecule has 0 spiro atoms. The topological polar surface area (TPSA) is 73.5 Å². The monoisotopic (exact) mass is 246 g/mol. The van der Waals surface area contributed by atoms with Crippen molar-refractivity contribution in [2.24, 2.45) is 0 Å². The van der Waals surface area contributed by atoms with Gasteiger partial charge in [0.05, 0.1) is 16.8 Å². The Morgan fingerprint density at radius 1 is 1.28 bits per heavy atom. The van der Waals surface area contributed by atoms with E-state index in [1.54, 1.807) is 33.8 Å². The Bertz CT molecular complexity index is 472. The van der Waals surface area contributed by atoms with E-state index in [0.717, 1.165) is 0 Å². The highest BCUT2D eigenvalue weighted by Crippen LogP contribution is 2.24. The van der Waals surface area contributed by atoms with Gasteiger partial charge in [-0.05, 0) is 39.8 Å². The van der Waals surface area contributed by atoms with Gasteiger partial charge in [0.2, 0.25) is 0 Å². The molecule has 0 saturated carbocycles. The van der Waals surface area contributed by atoms with Crippen LogP contribution in [0.3, 0.4) is 0 Å². The van der Waals surface area contributed by atoms with Crippen LogP contribution in [0, 0.1) is 11.3 Å². The third kappa shape index (κ3) is 3.25. The minimum atomic E-state index is -1.00. The van der Waals surface area contributed by atoms with Crippen LogP contribution in [0.1, 0.15) is 33.3 Å². The molecule has 0 heterocycles. The lowest BCUT2D eigenvalue weighted by Crippen LogP contribution is -2.49. The van der Waals surface area contributed by atoms with Crippen LogP contribution in [0.5, 0.6) is 5.75 Å². The molecule has 0 aliphatic carbocycles. The second-order valence-corrected chi connectivity index (χ2v) is 5.19. The van der Waals surface area contributed by atoms with Gasteiger partial charge in [0.25, 0.3) is 0 Å². The minimum absolute atomic E-state index is 0.0589. The summed E-state index contributed by atoms with van der Waals surface area (Å²) in [4.78, 5) is 0. The quantitative estimate of drug-likeness (QED) is 0.779. The highest BCUT2D eigenvalue weighted by Gasteiger charge is 2.35. The van der Waals surface area contributed by atoms with Crippen LogP contribution < -0.4 is 5.46 Å². The van der Waals surface area contributed by atoms with Crippen LogP contribution >= 0.6 is 0 Å². The second kappa shape index (κ2) is 5.01. The molecule has 1 aromatic rings. The zero-order valence-corrected chi connectivity index (χ0v) is 11.1. The van der Waals surface area contributed by atoms with Gasteiger partial charge in [-0.2, -0.15) is 5.26 Å². The van der Waals surface area contributed by atoms with Gasteiger partial charge in [-0.15, -0.1) is 0 Å². The predicted octanol–water partition coefficient (Wildman–Crippen LogP) is 1.07. The largest absolute Gasteiger partial charge is 0.507 e. The number of benzene rings is 1. The molecule has 1 radical (unpaired) electrons. The summed E-state index contributed by atoms with van der Waals surface area (Å²) in [5.41, 5.74) is -0.925. The lowest BCUT2D eigenvalue weighted by atomic mass is 9.82. The third-order valence-electron chi connectivity index (χ3n) is 3.10. The Labute approximate surface area is 108 Å². The maximum atomic E-state index is 9.93. The molecule has 0 bridgehead atoms. The second-order valence-electron chi connectivity index (χ2n) is 5.19. The summed E-state index contributed by atoms with van der Waals surface area (Å²) >= 11 is 0. The fourth-order valence-corrected chi connectivity index (χ4v) is 1.08. The van der Waals surface area contributed by atoms with Crippen molar-refractivity contribution in [1.29, 1.82) is 5.26 Å². The maximum absolute atomic E-state index is 9.93. The molecule has 1 rings (SSSR count). The Morgan fingerprint density at radius 3 is 2.39 bits per heavy atom. The van der Waals surface area contributed by atoms with Crippen molar-refractivity contribution in [3.63, 3.8) is 0 Å². The van der Waals surface area contributed by atoms with Crippen LogP contribution in [-0.4, -0.2) is 28.9 Å². The summed E-state index contributed by atoms with van der Waals surface area (Å²) in [6, 6.07) is 6.48. The fraction of sp³-hybridized carbons (Fsp3) is 0.462. The molecule has 0 unspecified atom stereocenters. The molecule has 0 amide bonds. The molecular formula is C13H17BNO3. The molecule has 4 nitrogen and oxygen atoms in total. The van der Waals surface area contributed by atoms with E-state index in [1.807, 2.05) is 6.07 Å². The number of hydrogen-bond donors (Lipinski definition) is 2. The van der Waals surface area contributed by atoms with Crippen molar-refractivity contribution in [3.8, 4) is 11.8 Å². The van der Waals surface area contributed by atoms with Crippen molar-refractivity contribution in [2.45, 2.75) is 38.9 Å². The summed E-state index contributed by atoms with van der Waals surface area (Å²) in [7, 11) is 1.47. The van der Waals surface area contributed by atoms with Crippen LogP contribution in [-0.2, 0) is 4.65 Å². The normalized spacial score (nSPS) is 12.0. The minimum Gasteiger partial charge on any atom is -0.507 e. The lowest BCUT2D eigenvalue weighted by Gasteiger charge is -2.37. The van der Waals surface area contributed by atoms with Crippen molar-refractivity contribution in [2.75, 3.05) is 0 Å². The molecule has 0 saturated heterocycles. The van der Waals surface area contributed by atoms with E-state index in [1.165, 1.54) is 19.6 Å². The van der Waals surface area contributed by atoms with E-state index in [0.29, 0.717) is 5.46 Å². The predicted molar refractivity (Wildman–Crippen MR) is 69.7 cm³/mol. The van der Waals surface area contributed by atoms with E-state index in [4.69, 9.17) is 9.92 Å². The Balaban J connectivity index is 2.79. The SMILES string of the molecule is CC(C)(O)C(C)(C)O[B]c1ccc(O)c(C#N)c1. The summed E-state index contributed by atoms with van der Waals surface area (Å²) in [5, 5.41) is 28.1. The standard InChI is InChI=1S/C13H17BNO3/c1-12(2,17)13(3,4)18-14-10-5-6-11(16)9(7-10)8-15/h5-7,16-17H,1-4H3. The zero-order chi connectivity index (χ0) is 14.0. The van der Waals surface area contributed by atoms with Gasteiger partial charge in [0.1, 0.15) is 11.8 Å². The Morgan fingerprint density at radius 2 is 1.89 bits per heavy atom. The molecule has 0 aromatic heterocycles. The number of nitriles is 1. The molecular weight excluding hydrogens is 229 g/mol. The average Bonchev–Trinajstić information content (AvgIpc) is 2.26. The van der Waals surface area contributed by atoms with Gasteiger partial charge in [-0.1, -0.05) is 11.5 Å². The van der Waals surface area contributed by atoms with E-state index < -0.39 is 11.2 Å². The van der Waals surface area contributed by atoms with Crippen molar-refractivity contribution < 1.29 is 14.9 Å². The molecule has 5 heteroatoms. The number of aliphatic hydroxyl groups is 1. The summed E-state index contributed by atoms with van der Waals surface area (Å²) in [5.74, 6) is -0.0589. The maximum Gasteiger partial charge on any atom is 0.330 e. The van der Waals surface area contributed by atoms with E-state index in [-0.39, 0.29) is 11.3 Å². The number of aromatic hydroxyl groups is 1. The first-order valence-electron chi connectivity index (χ1n) is 5.64. The highest BCUT2D eigenvalue weighted by atomic mass is 16.5. The number of phenolic OH excluding ortho intramolecular Hbond substituents is 1. The van der Waals surface area contributed by atoms with Gasteiger partial charge < -0.3 is 14.9 Å². The molecule has 95 valence electrons. The van der Waals surface area contributed by atoms with E-state index >= 15 is 0 Å². The summed E-state index contributed by atoms with van der Waals surface area (Å²) in [6.45, 7) is 6.88. The number of hydrogen-bond acceptors (Lipinski definition) is 4. The third-order valence-corrected chi connectivity index (χ3v) is 3.10. The first-order chi connectivity index (χ1) is 8.17. The number of rotatable bonds is 4. The molecule has 18 heavy (non-hydrogen) atoms. The molecule has 0 fully saturated rings. The van der Waals surface area contributed by atoms with Gasteiger partial charge in [0.15, 0.2) is 0 Å². The van der Waals surface area contributed by atoms with Crippen molar-refractivity contribution in [1.82, 2.24) is 0 Å². The van der Waals surface area contributed by atoms with Crippen LogP contribution in [0.2, 0.25) is 0 Å². The van der Waals surface area contributed by atoms with Gasteiger partial charge >= 0.3 is 7.48 Å². The number of phenols is 1. The van der Waals surface area contributed by atoms with Crippen molar-refractivity contribution in [3.05, 3.63) is 23.8 Å². The average molecular weight is 246 g/mol.